The summed E-state index contributed by atoms with van der Waals surface area (Å²) >= 11 is 1.62. The third kappa shape index (κ3) is 3.81. The Morgan fingerprint density at radius 1 is 1.21 bits per heavy atom. The van der Waals surface area contributed by atoms with Gasteiger partial charge in [0.05, 0.1) is 17.3 Å². The molecule has 0 radical (unpaired) electrons. The Morgan fingerprint density at radius 2 is 2.00 bits per heavy atom. The molecule has 0 atom stereocenters. The number of thiazole rings is 1. The van der Waals surface area contributed by atoms with E-state index < -0.39 is 0 Å². The number of hydrogen-bond acceptors (Lipinski definition) is 4. The zero-order valence-corrected chi connectivity index (χ0v) is 14.4. The van der Waals surface area contributed by atoms with E-state index in [1.54, 1.807) is 23.5 Å². The van der Waals surface area contributed by atoms with Crippen LogP contribution in [0.1, 0.15) is 22.3 Å². The molecular formula is C19H18N2O2S. The maximum Gasteiger partial charge on any atom is 0.255 e. The number of aryl methyl sites for hydroxylation is 1. The predicted molar refractivity (Wildman–Crippen MR) is 97.9 cm³/mol. The van der Waals surface area contributed by atoms with Crippen molar-refractivity contribution in [3.8, 4) is 17.0 Å². The van der Waals surface area contributed by atoms with Gasteiger partial charge in [-0.2, -0.15) is 0 Å². The third-order valence-corrected chi connectivity index (χ3v) is 4.24. The Balaban J connectivity index is 1.71. The standard InChI is InChI=1S/C19H18N2O2S/c1-3-23-17-6-4-5-15(11-17)19(22)21-16-9-7-14(8-10-16)18-12-24-13(2)20-18/h4-12H,3H2,1-2H3,(H,21,22). The Morgan fingerprint density at radius 3 is 2.67 bits per heavy atom. The molecule has 0 unspecified atom stereocenters. The molecule has 0 saturated heterocycles. The SMILES string of the molecule is CCOc1cccc(C(=O)Nc2ccc(-c3csc(C)n3)cc2)c1. The molecule has 0 aliphatic heterocycles. The number of aromatic nitrogens is 1. The van der Waals surface area contributed by atoms with Crippen LogP contribution in [0.2, 0.25) is 0 Å². The van der Waals surface area contributed by atoms with Crippen LogP contribution in [0.3, 0.4) is 0 Å². The van der Waals surface area contributed by atoms with E-state index in [-0.39, 0.29) is 5.91 Å². The fourth-order valence-electron chi connectivity index (χ4n) is 2.32. The minimum absolute atomic E-state index is 0.159. The molecule has 1 N–H and O–H groups in total. The lowest BCUT2D eigenvalue weighted by Gasteiger charge is -2.08. The first kappa shape index (κ1) is 16.2. The van der Waals surface area contributed by atoms with Crippen molar-refractivity contribution in [2.24, 2.45) is 0 Å². The molecule has 0 aliphatic rings. The summed E-state index contributed by atoms with van der Waals surface area (Å²) < 4.78 is 5.43. The monoisotopic (exact) mass is 338 g/mol. The average molecular weight is 338 g/mol. The van der Waals surface area contributed by atoms with E-state index >= 15 is 0 Å². The molecule has 1 heterocycles. The molecular weight excluding hydrogens is 320 g/mol. The van der Waals surface area contributed by atoms with Crippen LogP contribution in [0.25, 0.3) is 11.3 Å². The normalized spacial score (nSPS) is 10.4. The number of benzene rings is 2. The van der Waals surface area contributed by atoms with Gasteiger partial charge in [-0.25, -0.2) is 4.98 Å². The first-order valence-electron chi connectivity index (χ1n) is 7.72. The van der Waals surface area contributed by atoms with Crippen molar-refractivity contribution in [3.05, 3.63) is 64.5 Å². The number of nitrogens with zero attached hydrogens (tertiary/aromatic N) is 1. The van der Waals surface area contributed by atoms with Gasteiger partial charge < -0.3 is 10.1 Å². The number of anilines is 1. The van der Waals surface area contributed by atoms with Crippen molar-refractivity contribution in [2.75, 3.05) is 11.9 Å². The highest BCUT2D eigenvalue weighted by molar-refractivity contribution is 7.09. The second kappa shape index (κ2) is 7.27. The second-order valence-corrected chi connectivity index (χ2v) is 6.31. The lowest BCUT2D eigenvalue weighted by atomic mass is 10.1. The molecule has 4 nitrogen and oxygen atoms in total. The largest absolute Gasteiger partial charge is 0.494 e. The maximum absolute atomic E-state index is 12.4. The first-order valence-corrected chi connectivity index (χ1v) is 8.60. The average Bonchev–Trinajstić information content (AvgIpc) is 3.02. The summed E-state index contributed by atoms with van der Waals surface area (Å²) in [6.45, 7) is 4.47. The highest BCUT2D eigenvalue weighted by atomic mass is 32.1. The molecule has 1 amide bonds. The summed E-state index contributed by atoms with van der Waals surface area (Å²) in [6.07, 6.45) is 0. The zero-order chi connectivity index (χ0) is 16.9. The zero-order valence-electron chi connectivity index (χ0n) is 13.6. The molecule has 1 aromatic heterocycles. The fourth-order valence-corrected chi connectivity index (χ4v) is 2.94. The summed E-state index contributed by atoms with van der Waals surface area (Å²) in [5.41, 5.74) is 3.31. The Bertz CT molecular complexity index is 841. The van der Waals surface area contributed by atoms with Crippen molar-refractivity contribution >= 4 is 22.9 Å². The minimum Gasteiger partial charge on any atom is -0.494 e. The Kier molecular flexibility index (Phi) is 4.91. The van der Waals surface area contributed by atoms with Crippen molar-refractivity contribution in [1.82, 2.24) is 4.98 Å². The summed E-state index contributed by atoms with van der Waals surface area (Å²) in [5.74, 6) is 0.535. The van der Waals surface area contributed by atoms with Gasteiger partial charge in [0.25, 0.3) is 5.91 Å². The molecule has 0 bridgehead atoms. The number of carbonyl (C=O) groups is 1. The van der Waals surface area contributed by atoms with Crippen molar-refractivity contribution in [1.29, 1.82) is 0 Å². The van der Waals surface area contributed by atoms with Crippen LogP contribution in [0.5, 0.6) is 5.75 Å². The summed E-state index contributed by atoms with van der Waals surface area (Å²) in [6, 6.07) is 14.8. The maximum atomic E-state index is 12.4. The lowest BCUT2D eigenvalue weighted by molar-refractivity contribution is 0.102. The van der Waals surface area contributed by atoms with Crippen LogP contribution in [0.4, 0.5) is 5.69 Å². The molecule has 122 valence electrons. The van der Waals surface area contributed by atoms with Crippen LogP contribution in [0.15, 0.2) is 53.9 Å². The number of rotatable bonds is 5. The van der Waals surface area contributed by atoms with E-state index in [4.69, 9.17) is 4.74 Å². The predicted octanol–water partition coefficient (Wildman–Crippen LogP) is 4.77. The summed E-state index contributed by atoms with van der Waals surface area (Å²) in [5, 5.41) is 5.97. The molecule has 3 aromatic rings. The topological polar surface area (TPSA) is 51.2 Å². The van der Waals surface area contributed by atoms with E-state index in [0.717, 1.165) is 22.0 Å². The van der Waals surface area contributed by atoms with Gasteiger partial charge in [0, 0.05) is 22.2 Å². The van der Waals surface area contributed by atoms with Crippen LogP contribution in [0, 0.1) is 6.92 Å². The van der Waals surface area contributed by atoms with Gasteiger partial charge in [-0.3, -0.25) is 4.79 Å². The quantitative estimate of drug-likeness (QED) is 0.729. The van der Waals surface area contributed by atoms with Crippen molar-refractivity contribution in [3.63, 3.8) is 0 Å². The molecule has 0 spiro atoms. The smallest absolute Gasteiger partial charge is 0.255 e. The number of nitrogens with one attached hydrogen (secondary N) is 1. The number of amides is 1. The second-order valence-electron chi connectivity index (χ2n) is 5.24. The molecule has 24 heavy (non-hydrogen) atoms. The molecule has 0 saturated carbocycles. The van der Waals surface area contributed by atoms with Crippen LogP contribution in [-0.4, -0.2) is 17.5 Å². The van der Waals surface area contributed by atoms with Gasteiger partial charge in [-0.15, -0.1) is 11.3 Å². The third-order valence-electron chi connectivity index (χ3n) is 3.46. The lowest BCUT2D eigenvalue weighted by Crippen LogP contribution is -2.11. The van der Waals surface area contributed by atoms with Gasteiger partial charge in [0.2, 0.25) is 0 Å². The number of carbonyl (C=O) groups excluding carboxylic acids is 1. The molecule has 3 rings (SSSR count). The van der Waals surface area contributed by atoms with Crippen molar-refractivity contribution < 1.29 is 9.53 Å². The Hall–Kier alpha value is -2.66. The van der Waals surface area contributed by atoms with Gasteiger partial charge in [0.1, 0.15) is 5.75 Å². The molecule has 5 heteroatoms. The highest BCUT2D eigenvalue weighted by Gasteiger charge is 2.08. The van der Waals surface area contributed by atoms with E-state index in [2.05, 4.69) is 10.3 Å². The van der Waals surface area contributed by atoms with E-state index in [0.29, 0.717) is 17.9 Å². The summed E-state index contributed by atoms with van der Waals surface area (Å²) in [4.78, 5) is 16.8. The van der Waals surface area contributed by atoms with Gasteiger partial charge in [-0.1, -0.05) is 18.2 Å². The van der Waals surface area contributed by atoms with Crippen molar-refractivity contribution in [2.45, 2.75) is 13.8 Å². The van der Waals surface area contributed by atoms with Crippen LogP contribution in [-0.2, 0) is 0 Å². The van der Waals surface area contributed by atoms with E-state index in [1.165, 1.54) is 0 Å². The van der Waals surface area contributed by atoms with Crippen LogP contribution < -0.4 is 10.1 Å². The Labute approximate surface area is 145 Å². The molecule has 0 fully saturated rings. The molecule has 0 aliphatic carbocycles. The van der Waals surface area contributed by atoms with Crippen LogP contribution >= 0.6 is 11.3 Å². The summed E-state index contributed by atoms with van der Waals surface area (Å²) in [7, 11) is 0. The van der Waals surface area contributed by atoms with Gasteiger partial charge >= 0.3 is 0 Å². The minimum atomic E-state index is -0.159. The van der Waals surface area contributed by atoms with Gasteiger partial charge in [0.15, 0.2) is 0 Å². The number of ether oxygens (including phenoxy) is 1. The fraction of sp³-hybridized carbons (Fsp3) is 0.158. The highest BCUT2D eigenvalue weighted by Crippen LogP contribution is 2.23. The first-order chi connectivity index (χ1) is 11.7. The van der Waals surface area contributed by atoms with E-state index in [9.17, 15) is 4.79 Å². The molecule has 2 aromatic carbocycles. The van der Waals surface area contributed by atoms with E-state index in [1.807, 2.05) is 55.6 Å². The number of hydrogen-bond donors (Lipinski definition) is 1. The van der Waals surface area contributed by atoms with Gasteiger partial charge in [-0.05, 0) is 44.2 Å².